The van der Waals surface area contributed by atoms with Gasteiger partial charge in [0.25, 0.3) is 0 Å². The molecule has 3 amide bonds. The molecule has 12 heteroatoms. The highest BCUT2D eigenvalue weighted by atomic mass is 16.5. The van der Waals surface area contributed by atoms with Gasteiger partial charge >= 0.3 is 5.97 Å². The standard InChI is InChI=1S/C25H46N4O8/c1-18(2)21(30)17-37-16-15-36-14-13-28-22(31)7-5-12-27-23(32)10-9-20(25(34)35)29-24(33)8-6-11-26-19(3)4/h18-20,26H,5-17H2,1-4H3,(H,27,32)(H,28,31)(H,29,33)(H,34,35). The zero-order valence-corrected chi connectivity index (χ0v) is 22.7. The van der Waals surface area contributed by atoms with Gasteiger partial charge in [-0.15, -0.1) is 0 Å². The SMILES string of the molecule is CC(C)NCCCC(=O)NC(CCC(=O)NCCCC(=O)NCCOCCOCC(=O)C(C)C)C(=O)O. The molecule has 1 unspecified atom stereocenters. The minimum absolute atomic E-state index is 0.0172. The van der Waals surface area contributed by atoms with E-state index in [4.69, 9.17) is 9.47 Å². The van der Waals surface area contributed by atoms with Crippen LogP contribution in [0.3, 0.4) is 0 Å². The molecule has 0 bridgehead atoms. The highest BCUT2D eigenvalue weighted by molar-refractivity contribution is 5.84. The summed E-state index contributed by atoms with van der Waals surface area (Å²) in [6.45, 7) is 9.93. The van der Waals surface area contributed by atoms with E-state index in [1.807, 2.05) is 27.7 Å². The summed E-state index contributed by atoms with van der Waals surface area (Å²) in [6, 6.07) is -0.814. The first-order chi connectivity index (χ1) is 17.5. The van der Waals surface area contributed by atoms with E-state index in [0.29, 0.717) is 51.8 Å². The van der Waals surface area contributed by atoms with Gasteiger partial charge in [0.05, 0.1) is 19.8 Å². The van der Waals surface area contributed by atoms with Crippen LogP contribution in [0.2, 0.25) is 0 Å². The van der Waals surface area contributed by atoms with Crippen molar-refractivity contribution in [3.05, 3.63) is 0 Å². The first-order valence-electron chi connectivity index (χ1n) is 13.0. The van der Waals surface area contributed by atoms with Crippen LogP contribution in [-0.2, 0) is 33.4 Å². The van der Waals surface area contributed by atoms with E-state index in [1.54, 1.807) is 0 Å². The second kappa shape index (κ2) is 21.5. The van der Waals surface area contributed by atoms with Gasteiger partial charge in [0.1, 0.15) is 12.6 Å². The Bertz CT molecular complexity index is 700. The first-order valence-corrected chi connectivity index (χ1v) is 13.0. The molecular formula is C25H46N4O8. The Morgan fingerprint density at radius 2 is 1.32 bits per heavy atom. The Morgan fingerprint density at radius 3 is 1.97 bits per heavy atom. The lowest BCUT2D eigenvalue weighted by molar-refractivity contribution is -0.142. The number of nitrogens with one attached hydrogen (secondary N) is 4. The molecule has 12 nitrogen and oxygen atoms in total. The molecule has 0 aromatic rings. The minimum atomic E-state index is -1.18. The number of carboxylic acids is 1. The topological polar surface area (TPSA) is 172 Å². The van der Waals surface area contributed by atoms with Crippen molar-refractivity contribution in [3.63, 3.8) is 0 Å². The lowest BCUT2D eigenvalue weighted by Gasteiger charge is -2.15. The van der Waals surface area contributed by atoms with Gasteiger partial charge < -0.3 is 35.8 Å². The van der Waals surface area contributed by atoms with Gasteiger partial charge in [-0.3, -0.25) is 19.2 Å². The Hall–Kier alpha value is -2.57. The molecule has 5 N–H and O–H groups in total. The summed E-state index contributed by atoms with van der Waals surface area (Å²) < 4.78 is 10.5. The molecule has 0 aliphatic heterocycles. The number of Topliss-reactive ketones (excluding diaryl/α,β-unsaturated/α-hetero) is 1. The molecule has 0 saturated carbocycles. The molecule has 0 heterocycles. The van der Waals surface area contributed by atoms with Gasteiger partial charge in [-0.2, -0.15) is 0 Å². The van der Waals surface area contributed by atoms with Crippen molar-refractivity contribution in [1.82, 2.24) is 21.3 Å². The van der Waals surface area contributed by atoms with Crippen molar-refractivity contribution in [3.8, 4) is 0 Å². The molecule has 0 fully saturated rings. The average Bonchev–Trinajstić information content (AvgIpc) is 2.83. The van der Waals surface area contributed by atoms with Crippen molar-refractivity contribution in [2.75, 3.05) is 46.1 Å². The summed E-state index contributed by atoms with van der Waals surface area (Å²) in [6.07, 6.45) is 1.38. The fourth-order valence-electron chi connectivity index (χ4n) is 2.91. The zero-order chi connectivity index (χ0) is 28.1. The lowest BCUT2D eigenvalue weighted by Crippen LogP contribution is -2.41. The summed E-state index contributed by atoms with van der Waals surface area (Å²) in [5.74, 6) is -2.07. The normalized spacial score (nSPS) is 11.8. The maximum atomic E-state index is 12.0. The molecule has 0 aromatic carbocycles. The molecule has 0 saturated heterocycles. The van der Waals surface area contributed by atoms with Crippen LogP contribution in [-0.4, -0.2) is 92.7 Å². The van der Waals surface area contributed by atoms with Gasteiger partial charge in [0.2, 0.25) is 17.7 Å². The molecule has 214 valence electrons. The summed E-state index contributed by atoms with van der Waals surface area (Å²) in [7, 11) is 0. The van der Waals surface area contributed by atoms with Crippen LogP contribution >= 0.6 is 0 Å². The van der Waals surface area contributed by atoms with Crippen LogP contribution in [0, 0.1) is 5.92 Å². The number of hydrogen-bond acceptors (Lipinski definition) is 8. The van der Waals surface area contributed by atoms with Gasteiger partial charge in [0, 0.05) is 44.3 Å². The molecule has 0 radical (unpaired) electrons. The third-order valence-electron chi connectivity index (χ3n) is 5.16. The molecule has 37 heavy (non-hydrogen) atoms. The molecule has 0 aromatic heterocycles. The van der Waals surface area contributed by atoms with E-state index < -0.39 is 12.0 Å². The van der Waals surface area contributed by atoms with Crippen LogP contribution < -0.4 is 21.3 Å². The number of ketones is 1. The lowest BCUT2D eigenvalue weighted by atomic mass is 10.1. The van der Waals surface area contributed by atoms with Crippen molar-refractivity contribution >= 4 is 29.5 Å². The predicted octanol–water partition coefficient (Wildman–Crippen LogP) is 0.385. The Balaban J connectivity index is 3.83. The van der Waals surface area contributed by atoms with Crippen molar-refractivity contribution in [2.45, 2.75) is 78.3 Å². The predicted molar refractivity (Wildman–Crippen MR) is 138 cm³/mol. The van der Waals surface area contributed by atoms with Crippen LogP contribution in [0.4, 0.5) is 0 Å². The minimum Gasteiger partial charge on any atom is -0.480 e. The van der Waals surface area contributed by atoms with E-state index in [9.17, 15) is 29.1 Å². The fraction of sp³-hybridized carbons (Fsp3) is 0.800. The number of rotatable bonds is 23. The molecule has 1 atom stereocenters. The molecular weight excluding hydrogens is 484 g/mol. The van der Waals surface area contributed by atoms with Crippen molar-refractivity contribution in [2.24, 2.45) is 5.92 Å². The third kappa shape index (κ3) is 21.2. The second-order valence-electron chi connectivity index (χ2n) is 9.30. The van der Waals surface area contributed by atoms with Gasteiger partial charge in [-0.1, -0.05) is 27.7 Å². The average molecular weight is 531 g/mol. The number of carbonyl (C=O) groups is 5. The summed E-state index contributed by atoms with van der Waals surface area (Å²) in [5, 5.41) is 20.3. The van der Waals surface area contributed by atoms with Gasteiger partial charge in [0.15, 0.2) is 5.78 Å². The van der Waals surface area contributed by atoms with E-state index in [1.165, 1.54) is 0 Å². The quantitative estimate of drug-likeness (QED) is 0.117. The largest absolute Gasteiger partial charge is 0.480 e. The fourth-order valence-corrected chi connectivity index (χ4v) is 2.91. The monoisotopic (exact) mass is 530 g/mol. The number of aliphatic carboxylic acids is 1. The summed E-state index contributed by atoms with van der Waals surface area (Å²) in [4.78, 5) is 58.6. The van der Waals surface area contributed by atoms with E-state index >= 15 is 0 Å². The van der Waals surface area contributed by atoms with Crippen LogP contribution in [0.5, 0.6) is 0 Å². The third-order valence-corrected chi connectivity index (χ3v) is 5.16. The smallest absolute Gasteiger partial charge is 0.326 e. The number of carboxylic acid groups (broad SMARTS) is 1. The Morgan fingerprint density at radius 1 is 0.730 bits per heavy atom. The number of carbonyl (C=O) groups excluding carboxylic acids is 4. The van der Waals surface area contributed by atoms with Crippen molar-refractivity contribution < 1.29 is 38.6 Å². The number of ether oxygens (including phenoxy) is 2. The van der Waals surface area contributed by atoms with Crippen molar-refractivity contribution in [1.29, 1.82) is 0 Å². The Labute approximate surface area is 220 Å². The molecule has 0 spiro atoms. The highest BCUT2D eigenvalue weighted by Gasteiger charge is 2.20. The van der Waals surface area contributed by atoms with Crippen LogP contribution in [0.1, 0.15) is 66.2 Å². The Kier molecular flexibility index (Phi) is 20.0. The van der Waals surface area contributed by atoms with E-state index in [-0.39, 0.29) is 68.3 Å². The zero-order valence-electron chi connectivity index (χ0n) is 22.7. The van der Waals surface area contributed by atoms with Crippen LogP contribution in [0.25, 0.3) is 0 Å². The first kappa shape index (κ1) is 34.4. The number of amides is 3. The maximum absolute atomic E-state index is 12.0. The number of hydrogen-bond donors (Lipinski definition) is 5. The van der Waals surface area contributed by atoms with Gasteiger partial charge in [-0.25, -0.2) is 4.79 Å². The van der Waals surface area contributed by atoms with E-state index in [0.717, 1.165) is 0 Å². The summed E-state index contributed by atoms with van der Waals surface area (Å²) >= 11 is 0. The molecule has 0 rings (SSSR count). The molecule has 0 aliphatic rings. The maximum Gasteiger partial charge on any atom is 0.326 e. The van der Waals surface area contributed by atoms with Gasteiger partial charge in [-0.05, 0) is 25.8 Å². The highest BCUT2D eigenvalue weighted by Crippen LogP contribution is 2.01. The molecule has 0 aliphatic carbocycles. The second-order valence-corrected chi connectivity index (χ2v) is 9.30. The van der Waals surface area contributed by atoms with E-state index in [2.05, 4.69) is 21.3 Å². The van der Waals surface area contributed by atoms with Crippen LogP contribution in [0.15, 0.2) is 0 Å². The summed E-state index contributed by atoms with van der Waals surface area (Å²) in [5.41, 5.74) is 0.